The van der Waals surface area contributed by atoms with Crippen LogP contribution >= 0.6 is 0 Å². The third-order valence-corrected chi connectivity index (χ3v) is 30.4. The lowest BCUT2D eigenvalue weighted by Crippen LogP contribution is -2.16. The summed E-state index contributed by atoms with van der Waals surface area (Å²) >= 11 is 0. The predicted octanol–water partition coefficient (Wildman–Crippen LogP) is 40.3. The van der Waals surface area contributed by atoms with Crippen LogP contribution in [0.3, 0.4) is 0 Å². The Labute approximate surface area is 858 Å². The molecule has 26 aromatic rings. The molecule has 148 heavy (non-hydrogen) atoms. The molecule has 29 rings (SSSR count). The van der Waals surface area contributed by atoms with Crippen LogP contribution in [0, 0.1) is 0 Å². The zero-order valence-electron chi connectivity index (χ0n) is 81.3. The lowest BCUT2D eigenvalue weighted by atomic mass is 9.82. The lowest BCUT2D eigenvalue weighted by Gasteiger charge is -2.30. The minimum atomic E-state index is -0.120. The van der Waals surface area contributed by atoms with Crippen molar-refractivity contribution in [3.05, 3.63) is 545 Å². The van der Waals surface area contributed by atoms with Gasteiger partial charge in [0, 0.05) is 107 Å². The highest BCUT2D eigenvalue weighted by Gasteiger charge is 2.37. The quantitative estimate of drug-likeness (QED) is 0.0842. The molecule has 0 N–H and O–H groups in total. The summed E-state index contributed by atoms with van der Waals surface area (Å²) in [5.74, 6) is 3.35. The Balaban J connectivity index is 0.000000143. The van der Waals surface area contributed by atoms with Gasteiger partial charge < -0.3 is 33.5 Å². The van der Waals surface area contributed by atoms with E-state index in [1.165, 1.54) is 110 Å². The van der Waals surface area contributed by atoms with Crippen molar-refractivity contribution in [1.82, 2.24) is 0 Å². The van der Waals surface area contributed by atoms with Gasteiger partial charge in [-0.2, -0.15) is 0 Å². The number of hydrogen-bond acceptors (Lipinski definition) is 7. The van der Waals surface area contributed by atoms with Gasteiger partial charge in [0.2, 0.25) is 0 Å². The van der Waals surface area contributed by atoms with Crippen molar-refractivity contribution >= 4 is 155 Å². The van der Waals surface area contributed by atoms with Gasteiger partial charge >= 0.3 is 0 Å². The Bertz CT molecular complexity index is 9760. The van der Waals surface area contributed by atoms with Crippen molar-refractivity contribution < 1.29 is 13.9 Å². The number of fused-ring (bicyclic) bond motifs is 18. The molecule has 3 aliphatic rings. The number of para-hydroxylation sites is 8. The maximum atomic E-state index is 7.10. The Morgan fingerprint density at radius 2 is 0.473 bits per heavy atom. The fraction of sp³-hybridized carbons (Fsp3) is 0.0213. The monoisotopic (exact) mass is 1890 g/mol. The van der Waals surface area contributed by atoms with Crippen molar-refractivity contribution in [3.63, 3.8) is 0 Å². The van der Waals surface area contributed by atoms with Gasteiger partial charge in [0.05, 0.1) is 28.4 Å². The van der Waals surface area contributed by atoms with E-state index in [1.54, 1.807) is 0 Å². The van der Waals surface area contributed by atoms with E-state index in [0.29, 0.717) is 0 Å². The maximum Gasteiger partial charge on any atom is 0.159 e. The second-order valence-electron chi connectivity index (χ2n) is 39.1. The molecule has 0 radical (unpaired) electrons. The van der Waals surface area contributed by atoms with Gasteiger partial charge in [-0.05, 0) is 290 Å². The highest BCUT2D eigenvalue weighted by Crippen LogP contribution is 2.59. The van der Waals surface area contributed by atoms with E-state index in [0.717, 1.165) is 168 Å². The Morgan fingerprint density at radius 3 is 0.946 bits per heavy atom. The molecule has 2 aliphatic heterocycles. The smallest absolute Gasteiger partial charge is 0.159 e. The van der Waals surface area contributed by atoms with E-state index in [-0.39, 0.29) is 5.41 Å². The Kier molecular flexibility index (Phi) is 20.8. The first-order chi connectivity index (χ1) is 73.2. The molecular weight excluding hydrogens is 1800 g/mol. The van der Waals surface area contributed by atoms with Crippen molar-refractivity contribution in [2.24, 2.45) is 0 Å². The van der Waals surface area contributed by atoms with E-state index in [1.807, 2.05) is 12.1 Å². The molecule has 0 atom stereocenters. The fourth-order valence-electron chi connectivity index (χ4n) is 23.6. The molecule has 1 aromatic heterocycles. The first-order valence-electron chi connectivity index (χ1n) is 50.8. The average molecular weight is 1890 g/mol. The van der Waals surface area contributed by atoms with Crippen molar-refractivity contribution in [1.29, 1.82) is 0 Å². The third-order valence-electron chi connectivity index (χ3n) is 30.4. The minimum Gasteiger partial charge on any atom is -0.456 e. The van der Waals surface area contributed by atoms with Gasteiger partial charge in [-0.25, -0.2) is 0 Å². The van der Waals surface area contributed by atoms with Crippen molar-refractivity contribution in [2.75, 3.05) is 19.6 Å². The second-order valence-corrected chi connectivity index (χ2v) is 39.1. The molecule has 0 saturated heterocycles. The van der Waals surface area contributed by atoms with Gasteiger partial charge in [-0.3, -0.25) is 0 Å². The van der Waals surface area contributed by atoms with Crippen molar-refractivity contribution in [2.45, 2.75) is 19.3 Å². The molecule has 0 bridgehead atoms. The largest absolute Gasteiger partial charge is 0.456 e. The summed E-state index contributed by atoms with van der Waals surface area (Å²) in [5.41, 5.74) is 35.8. The van der Waals surface area contributed by atoms with Crippen LogP contribution in [0.4, 0.5) is 68.2 Å². The van der Waals surface area contributed by atoms with Gasteiger partial charge in [0.25, 0.3) is 0 Å². The van der Waals surface area contributed by atoms with Crippen LogP contribution in [0.15, 0.2) is 538 Å². The van der Waals surface area contributed by atoms with Gasteiger partial charge in [-0.15, -0.1) is 0 Å². The first kappa shape index (κ1) is 86.5. The molecule has 696 valence electrons. The molecular formula is C141H94N4O3. The van der Waals surface area contributed by atoms with Crippen LogP contribution in [0.5, 0.6) is 23.0 Å². The van der Waals surface area contributed by atoms with Gasteiger partial charge in [0.15, 0.2) is 5.58 Å². The molecule has 3 heterocycles. The minimum absolute atomic E-state index is 0.120. The predicted molar refractivity (Wildman–Crippen MR) is 620 cm³/mol. The number of hydrogen-bond donors (Lipinski definition) is 0. The summed E-state index contributed by atoms with van der Waals surface area (Å²) in [4.78, 5) is 9.43. The van der Waals surface area contributed by atoms with Crippen LogP contribution in [0.2, 0.25) is 0 Å². The Hall–Kier alpha value is -19.3. The SMILES string of the molecule is CC1(C)c2ccccc2-c2ccc(N(c3ccccc3)c3ccc4c(c3)Oc3cccc5c3c-4cc3c4ccccc4c(-c4ccc(N(c6ccccc6)c6ccccc6-c6ccccc6)cc4)cc53)cc21.c1ccc(-c2ccccc2N(c2ccccc2)c2ccc(-c3cc4c5cccc6c5c(cc4c4ccccc34)-c3ccc(N(c4ccccc4-c4ccccc4)c4cccc5c4oc4ccccc45)cc3O6)cc2)cc1. The summed E-state index contributed by atoms with van der Waals surface area (Å²) in [6.07, 6.45) is 0. The van der Waals surface area contributed by atoms with Gasteiger partial charge in [-0.1, -0.05) is 372 Å². The number of nitrogens with zero attached hydrogens (tertiary/aromatic N) is 4. The van der Waals surface area contributed by atoms with Crippen LogP contribution in [-0.2, 0) is 5.41 Å². The van der Waals surface area contributed by atoms with Gasteiger partial charge in [0.1, 0.15) is 28.6 Å². The molecule has 0 amide bonds. The average Bonchev–Trinajstić information content (AvgIpc) is 1.37. The topological polar surface area (TPSA) is 44.6 Å². The molecule has 7 nitrogen and oxygen atoms in total. The second kappa shape index (κ2) is 35.7. The van der Waals surface area contributed by atoms with Crippen LogP contribution in [0.25, 0.3) is 176 Å². The zero-order chi connectivity index (χ0) is 98.0. The zero-order valence-corrected chi connectivity index (χ0v) is 81.3. The van der Waals surface area contributed by atoms with E-state index in [9.17, 15) is 0 Å². The summed E-state index contributed by atoms with van der Waals surface area (Å²) in [6, 6.07) is 192. The van der Waals surface area contributed by atoms with Crippen LogP contribution in [-0.4, -0.2) is 0 Å². The molecule has 1 aliphatic carbocycles. The molecule has 0 spiro atoms. The van der Waals surface area contributed by atoms with E-state index >= 15 is 0 Å². The first-order valence-corrected chi connectivity index (χ1v) is 50.8. The normalized spacial score (nSPS) is 12.3. The van der Waals surface area contributed by atoms with E-state index in [2.05, 4.69) is 555 Å². The van der Waals surface area contributed by atoms with E-state index in [4.69, 9.17) is 13.9 Å². The fourth-order valence-corrected chi connectivity index (χ4v) is 23.6. The number of furan rings is 1. The molecule has 25 aromatic carbocycles. The third kappa shape index (κ3) is 14.6. The molecule has 7 heteroatoms. The molecule has 0 unspecified atom stereocenters. The van der Waals surface area contributed by atoms with Crippen LogP contribution < -0.4 is 29.1 Å². The highest BCUT2D eigenvalue weighted by molar-refractivity contribution is 6.28. The summed E-state index contributed by atoms with van der Waals surface area (Å²) in [6.45, 7) is 4.69. The Morgan fingerprint density at radius 1 is 0.162 bits per heavy atom. The van der Waals surface area contributed by atoms with Crippen molar-refractivity contribution in [3.8, 4) is 112 Å². The summed E-state index contributed by atoms with van der Waals surface area (Å²) < 4.78 is 20.9. The van der Waals surface area contributed by atoms with Crippen LogP contribution in [0.1, 0.15) is 25.0 Å². The summed E-state index contributed by atoms with van der Waals surface area (Å²) in [5, 5.41) is 16.4. The molecule has 0 fully saturated rings. The number of benzene rings is 25. The van der Waals surface area contributed by atoms with E-state index < -0.39 is 0 Å². The molecule has 0 saturated carbocycles. The number of ether oxygens (including phenoxy) is 2. The maximum absolute atomic E-state index is 7.10. The highest BCUT2D eigenvalue weighted by atomic mass is 16.5. The number of rotatable bonds is 17. The lowest BCUT2D eigenvalue weighted by molar-refractivity contribution is 0.487. The summed E-state index contributed by atoms with van der Waals surface area (Å²) in [7, 11) is 0. The number of anilines is 12. The standard InChI is InChI=1S/C72H46N2O2.C69H48N2O/c1-4-20-47(21-5-1)53-26-12-15-33-65(53)73(50-24-8-3-9-25-50)51-40-38-49(39-41-51)61-45-63-59-31-19-37-69-71(59)64(46-62(63)56-29-11-10-28-55(56)61)58-43-42-52(44-70(58)75-69)74(66-34-16-13-27-54(66)48-22-6-2-7-23-48)67-35-18-32-60-57-30-14-17-36-68(57)76-72(60)67;1-69(2)63-30-16-14-28-55(63)56-39-37-50(41-64(56)69)70(47-21-8-4-9-22-47)51-38-40-57-62-44-60-54-27-13-12-26-53(54)59(43-61(60)58-29-18-32-66(68(58)62)72-67(57)42-51)46-33-35-49(36-34-46)71(48-23-10-5-11-24-48)65-31-17-15-25-52(65)45-19-6-3-7-20-45/h1-46H;3-44H,1-2H3.